The summed E-state index contributed by atoms with van der Waals surface area (Å²) in [5.41, 5.74) is 1.02. The molecule has 0 fully saturated rings. The lowest BCUT2D eigenvalue weighted by molar-refractivity contribution is 0.563. The number of hydrogen-bond acceptors (Lipinski definition) is 2. The van der Waals surface area contributed by atoms with Gasteiger partial charge in [0.05, 0.1) is 0 Å². The predicted octanol–water partition coefficient (Wildman–Crippen LogP) is 2.26. The van der Waals surface area contributed by atoms with Crippen molar-refractivity contribution in [2.75, 3.05) is 0 Å². The molecule has 1 aromatic carbocycles. The number of carbonyl (C=O) groups excluding carboxylic acids is 1. The maximum Gasteiger partial charge on any atom is 0.244 e. The van der Waals surface area contributed by atoms with Gasteiger partial charge in [-0.1, -0.05) is 42.5 Å². The highest BCUT2D eigenvalue weighted by molar-refractivity contribution is 5.80. The molecule has 0 bridgehead atoms. The molecule has 0 heterocycles. The van der Waals surface area contributed by atoms with Crippen LogP contribution in [0.1, 0.15) is 5.56 Å². The normalized spacial score (nSPS) is 11.2. The van der Waals surface area contributed by atoms with Gasteiger partial charge in [0.1, 0.15) is 11.6 Å². The molecule has 0 saturated carbocycles. The number of nitrogens with zero attached hydrogens (tertiary/aromatic N) is 1. The van der Waals surface area contributed by atoms with E-state index in [0.717, 1.165) is 5.56 Å². The second-order valence-electron chi connectivity index (χ2n) is 2.56. The average molecular weight is 182 g/mol. The van der Waals surface area contributed by atoms with Crippen LogP contribution in [0.4, 0.5) is 0 Å². The molecule has 1 rings (SSSR count). The first-order chi connectivity index (χ1) is 6.86. The number of rotatable bonds is 3. The Morgan fingerprint density at radius 3 is 2.57 bits per heavy atom. The molecule has 14 heavy (non-hydrogen) atoms. The van der Waals surface area contributed by atoms with Crippen LogP contribution in [0.2, 0.25) is 0 Å². The van der Waals surface area contributed by atoms with E-state index >= 15 is 0 Å². The minimum Gasteiger partial charge on any atom is -0.284 e. The quantitative estimate of drug-likeness (QED) is 0.408. The Kier molecular flexibility index (Phi) is 3.90. The van der Waals surface area contributed by atoms with Crippen LogP contribution < -0.4 is 0 Å². The van der Waals surface area contributed by atoms with Gasteiger partial charge in [0.25, 0.3) is 0 Å². The zero-order chi connectivity index (χ0) is 10.2. The van der Waals surface area contributed by atoms with Crippen molar-refractivity contribution in [2.24, 2.45) is 0 Å². The van der Waals surface area contributed by atoms with Crippen LogP contribution in [0.15, 0.2) is 48.1 Å². The van der Waals surface area contributed by atoms with Crippen molar-refractivity contribution in [1.82, 2.24) is 0 Å². The van der Waals surface area contributed by atoms with Crippen molar-refractivity contribution < 1.29 is 4.79 Å². The topological polar surface area (TPSA) is 40.9 Å². The lowest BCUT2D eigenvalue weighted by Gasteiger charge is -1.88. The second kappa shape index (κ2) is 5.50. The fraction of sp³-hybridized carbons (Fsp3) is 0. The number of hydrogen-bond donors (Lipinski definition) is 0. The summed E-state index contributed by atoms with van der Waals surface area (Å²) in [6.45, 7) is 0. The molecule has 1 aromatic rings. The predicted molar refractivity (Wildman–Crippen MR) is 54.9 cm³/mol. The Morgan fingerprint density at radius 1 is 1.29 bits per heavy atom. The number of benzene rings is 1. The van der Waals surface area contributed by atoms with E-state index < -0.39 is 0 Å². The Balaban J connectivity index is 2.71. The Labute approximate surface area is 82.8 Å². The molecule has 0 unspecified atom stereocenters. The SMILES string of the molecule is N#C/C([C]=O)=C\C=C\c1ccccc1. The smallest absolute Gasteiger partial charge is 0.244 e. The van der Waals surface area contributed by atoms with Crippen molar-refractivity contribution >= 4 is 12.4 Å². The average Bonchev–Trinajstić information content (AvgIpc) is 2.26. The zero-order valence-electron chi connectivity index (χ0n) is 7.47. The molecular formula is C12H8NO. The van der Waals surface area contributed by atoms with Crippen molar-refractivity contribution in [3.8, 4) is 6.07 Å². The van der Waals surface area contributed by atoms with Gasteiger partial charge in [-0.3, -0.25) is 4.79 Å². The summed E-state index contributed by atoms with van der Waals surface area (Å²) in [4.78, 5) is 10.1. The van der Waals surface area contributed by atoms with Gasteiger partial charge in [0.2, 0.25) is 6.29 Å². The van der Waals surface area contributed by atoms with Crippen LogP contribution >= 0.6 is 0 Å². The molecule has 0 aliphatic rings. The van der Waals surface area contributed by atoms with Gasteiger partial charge in [-0.05, 0) is 11.6 Å². The standard InChI is InChI=1S/C12H8NO/c13-9-12(10-14)8-4-7-11-5-2-1-3-6-11/h1-8H/b7-4+,12-8+. The van der Waals surface area contributed by atoms with E-state index in [4.69, 9.17) is 5.26 Å². The summed E-state index contributed by atoms with van der Waals surface area (Å²) in [6, 6.07) is 11.3. The molecule has 0 aliphatic heterocycles. The van der Waals surface area contributed by atoms with Crippen molar-refractivity contribution in [3.63, 3.8) is 0 Å². The van der Waals surface area contributed by atoms with E-state index in [2.05, 4.69) is 0 Å². The summed E-state index contributed by atoms with van der Waals surface area (Å²) < 4.78 is 0. The van der Waals surface area contributed by atoms with Gasteiger partial charge in [0.15, 0.2) is 0 Å². The first-order valence-corrected chi connectivity index (χ1v) is 4.08. The Bertz CT molecular complexity index is 396. The monoisotopic (exact) mass is 182 g/mol. The van der Waals surface area contributed by atoms with Crippen molar-refractivity contribution in [3.05, 3.63) is 53.6 Å². The fourth-order valence-corrected chi connectivity index (χ4v) is 0.914. The molecule has 0 N–H and O–H groups in total. The fourth-order valence-electron chi connectivity index (χ4n) is 0.914. The summed E-state index contributed by atoms with van der Waals surface area (Å²) in [7, 11) is 0. The van der Waals surface area contributed by atoms with Crippen LogP contribution in [0.3, 0.4) is 0 Å². The van der Waals surface area contributed by atoms with Gasteiger partial charge < -0.3 is 0 Å². The molecule has 0 atom stereocenters. The van der Waals surface area contributed by atoms with E-state index in [9.17, 15) is 4.79 Å². The van der Waals surface area contributed by atoms with Crippen LogP contribution in [0, 0.1) is 11.3 Å². The van der Waals surface area contributed by atoms with Gasteiger partial charge >= 0.3 is 0 Å². The van der Waals surface area contributed by atoms with Crippen LogP contribution in [0.25, 0.3) is 6.08 Å². The summed E-state index contributed by atoms with van der Waals surface area (Å²) in [5, 5.41) is 8.41. The zero-order valence-corrected chi connectivity index (χ0v) is 7.47. The molecule has 67 valence electrons. The summed E-state index contributed by atoms with van der Waals surface area (Å²) in [6.07, 6.45) is 6.43. The van der Waals surface area contributed by atoms with Gasteiger partial charge in [-0.15, -0.1) is 0 Å². The van der Waals surface area contributed by atoms with Crippen molar-refractivity contribution in [2.45, 2.75) is 0 Å². The van der Waals surface area contributed by atoms with E-state index in [1.54, 1.807) is 12.1 Å². The lowest BCUT2D eigenvalue weighted by Crippen LogP contribution is -1.76. The van der Waals surface area contributed by atoms with E-state index in [1.165, 1.54) is 12.4 Å². The molecule has 0 aliphatic carbocycles. The Hall–Kier alpha value is -2.14. The first-order valence-electron chi connectivity index (χ1n) is 4.08. The van der Waals surface area contributed by atoms with Crippen LogP contribution in [-0.4, -0.2) is 6.29 Å². The Morgan fingerprint density at radius 2 is 2.00 bits per heavy atom. The molecule has 0 amide bonds. The summed E-state index contributed by atoms with van der Waals surface area (Å²) in [5.74, 6) is 0. The van der Waals surface area contributed by atoms with E-state index in [1.807, 2.05) is 36.4 Å². The molecule has 2 heteroatoms. The largest absolute Gasteiger partial charge is 0.284 e. The molecule has 0 spiro atoms. The molecule has 2 nitrogen and oxygen atoms in total. The second-order valence-corrected chi connectivity index (χ2v) is 2.56. The molecular weight excluding hydrogens is 174 g/mol. The van der Waals surface area contributed by atoms with Gasteiger partial charge in [-0.2, -0.15) is 5.26 Å². The highest BCUT2D eigenvalue weighted by Gasteiger charge is 1.88. The highest BCUT2D eigenvalue weighted by atomic mass is 16.1. The minimum atomic E-state index is -0.00261. The third kappa shape index (κ3) is 3.08. The lowest BCUT2D eigenvalue weighted by atomic mass is 10.2. The third-order valence-electron chi connectivity index (χ3n) is 1.58. The van der Waals surface area contributed by atoms with E-state index in [-0.39, 0.29) is 5.57 Å². The van der Waals surface area contributed by atoms with Crippen LogP contribution in [-0.2, 0) is 4.79 Å². The minimum absolute atomic E-state index is 0.00261. The van der Waals surface area contributed by atoms with E-state index in [0.29, 0.717) is 0 Å². The first kappa shape index (κ1) is 9.94. The molecule has 0 saturated heterocycles. The number of allylic oxidation sites excluding steroid dienone is 3. The maximum absolute atomic E-state index is 10.1. The van der Waals surface area contributed by atoms with Crippen molar-refractivity contribution in [1.29, 1.82) is 5.26 Å². The molecule has 1 radical (unpaired) electrons. The maximum atomic E-state index is 10.1. The highest BCUT2D eigenvalue weighted by Crippen LogP contribution is 2.01. The number of nitriles is 1. The van der Waals surface area contributed by atoms with Gasteiger partial charge in [-0.25, -0.2) is 0 Å². The van der Waals surface area contributed by atoms with Gasteiger partial charge in [0, 0.05) is 0 Å². The summed E-state index contributed by atoms with van der Waals surface area (Å²) >= 11 is 0. The molecule has 0 aromatic heterocycles. The van der Waals surface area contributed by atoms with Crippen LogP contribution in [0.5, 0.6) is 0 Å². The third-order valence-corrected chi connectivity index (χ3v) is 1.58.